The van der Waals surface area contributed by atoms with E-state index < -0.39 is 0 Å². The molecule has 0 saturated heterocycles. The lowest BCUT2D eigenvalue weighted by atomic mass is 9.80. The van der Waals surface area contributed by atoms with Crippen molar-refractivity contribution in [2.75, 3.05) is 6.16 Å². The minimum atomic E-state index is 0.180. The standard InChI is InChI=1S/C15H21OP/c17-11-15(9-4-10-15)16-14-8-3-6-12-5-1-2-7-13(12)14/h1-2,5,7,14H,3-4,6,8-11,17H2. The van der Waals surface area contributed by atoms with Crippen molar-refractivity contribution in [2.45, 2.75) is 50.2 Å². The van der Waals surface area contributed by atoms with E-state index in [-0.39, 0.29) is 5.60 Å². The van der Waals surface area contributed by atoms with Gasteiger partial charge in [-0.15, -0.1) is 9.24 Å². The van der Waals surface area contributed by atoms with E-state index in [0.29, 0.717) is 6.10 Å². The average molecular weight is 248 g/mol. The van der Waals surface area contributed by atoms with E-state index in [1.807, 2.05) is 0 Å². The molecule has 0 N–H and O–H groups in total. The summed E-state index contributed by atoms with van der Waals surface area (Å²) < 4.78 is 6.47. The summed E-state index contributed by atoms with van der Waals surface area (Å²) in [6.45, 7) is 0. The predicted molar refractivity (Wildman–Crippen MR) is 74.4 cm³/mol. The number of rotatable bonds is 3. The Bertz CT molecular complexity index is 392. The molecule has 1 nitrogen and oxygen atoms in total. The molecular formula is C15H21OP. The molecule has 0 heterocycles. The second kappa shape index (κ2) is 4.71. The zero-order chi connectivity index (χ0) is 11.7. The lowest BCUT2D eigenvalue weighted by Gasteiger charge is -2.44. The number of hydrogen-bond acceptors (Lipinski definition) is 1. The first-order valence-electron chi connectivity index (χ1n) is 6.79. The van der Waals surface area contributed by atoms with E-state index in [2.05, 4.69) is 33.5 Å². The summed E-state index contributed by atoms with van der Waals surface area (Å²) in [6, 6.07) is 8.82. The molecule has 2 heteroatoms. The molecule has 92 valence electrons. The highest BCUT2D eigenvalue weighted by Gasteiger charge is 2.39. The van der Waals surface area contributed by atoms with Gasteiger partial charge in [0.15, 0.2) is 0 Å². The molecule has 1 fully saturated rings. The van der Waals surface area contributed by atoms with Crippen molar-refractivity contribution in [3.63, 3.8) is 0 Å². The third-order valence-electron chi connectivity index (χ3n) is 4.34. The Hall–Kier alpha value is -0.390. The van der Waals surface area contributed by atoms with Crippen molar-refractivity contribution < 1.29 is 4.74 Å². The van der Waals surface area contributed by atoms with Crippen LogP contribution in [0.5, 0.6) is 0 Å². The number of fused-ring (bicyclic) bond motifs is 1. The highest BCUT2D eigenvalue weighted by molar-refractivity contribution is 7.16. The van der Waals surface area contributed by atoms with Crippen LogP contribution in [0.4, 0.5) is 0 Å². The highest BCUT2D eigenvalue weighted by Crippen LogP contribution is 2.44. The second-order valence-electron chi connectivity index (χ2n) is 5.44. The van der Waals surface area contributed by atoms with Crippen molar-refractivity contribution in [3.05, 3.63) is 35.4 Å². The van der Waals surface area contributed by atoms with Gasteiger partial charge in [-0.05, 0) is 55.8 Å². The zero-order valence-electron chi connectivity index (χ0n) is 10.3. The molecule has 2 atom stereocenters. The molecule has 2 aliphatic rings. The van der Waals surface area contributed by atoms with Crippen molar-refractivity contribution in [1.82, 2.24) is 0 Å². The maximum Gasteiger partial charge on any atom is 0.0835 e. The van der Waals surface area contributed by atoms with Crippen LogP contribution in [0.1, 0.15) is 49.3 Å². The first kappa shape index (κ1) is 11.7. The van der Waals surface area contributed by atoms with Gasteiger partial charge in [0.05, 0.1) is 11.7 Å². The molecule has 2 unspecified atom stereocenters. The lowest BCUT2D eigenvalue weighted by Crippen LogP contribution is -2.43. The van der Waals surface area contributed by atoms with E-state index in [4.69, 9.17) is 4.74 Å². The van der Waals surface area contributed by atoms with Crippen LogP contribution in [0, 0.1) is 0 Å². The largest absolute Gasteiger partial charge is 0.367 e. The van der Waals surface area contributed by atoms with Gasteiger partial charge < -0.3 is 4.74 Å². The SMILES string of the molecule is PCC1(OC2CCCc3ccccc32)CCC1. The first-order valence-corrected chi connectivity index (χ1v) is 7.60. The summed E-state index contributed by atoms with van der Waals surface area (Å²) in [6.07, 6.45) is 8.96. The Morgan fingerprint density at radius 1 is 1.24 bits per heavy atom. The van der Waals surface area contributed by atoms with Gasteiger partial charge in [0, 0.05) is 0 Å². The molecular weight excluding hydrogens is 227 g/mol. The van der Waals surface area contributed by atoms with Crippen LogP contribution in [0.3, 0.4) is 0 Å². The molecule has 0 aliphatic heterocycles. The number of ether oxygens (including phenoxy) is 1. The van der Waals surface area contributed by atoms with E-state index >= 15 is 0 Å². The predicted octanol–water partition coefficient (Wildman–Crippen LogP) is 3.88. The number of aryl methyl sites for hydroxylation is 1. The summed E-state index contributed by atoms with van der Waals surface area (Å²) in [5.74, 6) is 0. The number of hydrogen-bond donors (Lipinski definition) is 0. The van der Waals surface area contributed by atoms with Crippen molar-refractivity contribution in [2.24, 2.45) is 0 Å². The van der Waals surface area contributed by atoms with Gasteiger partial charge in [-0.1, -0.05) is 24.3 Å². The zero-order valence-corrected chi connectivity index (χ0v) is 11.5. The molecule has 0 spiro atoms. The van der Waals surface area contributed by atoms with Gasteiger partial charge in [0.25, 0.3) is 0 Å². The molecule has 1 aromatic rings. The lowest BCUT2D eigenvalue weighted by molar-refractivity contribution is -0.130. The fraction of sp³-hybridized carbons (Fsp3) is 0.600. The van der Waals surface area contributed by atoms with Gasteiger partial charge in [0.1, 0.15) is 0 Å². The van der Waals surface area contributed by atoms with Crippen molar-refractivity contribution in [1.29, 1.82) is 0 Å². The van der Waals surface area contributed by atoms with Crippen LogP contribution in [0.2, 0.25) is 0 Å². The summed E-state index contributed by atoms with van der Waals surface area (Å²) in [5.41, 5.74) is 3.13. The quantitative estimate of drug-likeness (QED) is 0.738. The van der Waals surface area contributed by atoms with Gasteiger partial charge in [-0.25, -0.2) is 0 Å². The van der Waals surface area contributed by atoms with Gasteiger partial charge in [-0.2, -0.15) is 0 Å². The van der Waals surface area contributed by atoms with Crippen LogP contribution >= 0.6 is 9.24 Å². The molecule has 17 heavy (non-hydrogen) atoms. The van der Waals surface area contributed by atoms with Crippen LogP contribution in [0.25, 0.3) is 0 Å². The smallest absolute Gasteiger partial charge is 0.0835 e. The second-order valence-corrected chi connectivity index (χ2v) is 5.85. The normalized spacial score (nSPS) is 26.1. The molecule has 1 aromatic carbocycles. The van der Waals surface area contributed by atoms with Gasteiger partial charge >= 0.3 is 0 Å². The summed E-state index contributed by atoms with van der Waals surface area (Å²) in [7, 11) is 2.87. The summed E-state index contributed by atoms with van der Waals surface area (Å²) in [4.78, 5) is 0. The summed E-state index contributed by atoms with van der Waals surface area (Å²) >= 11 is 0. The van der Waals surface area contributed by atoms with Crippen LogP contribution < -0.4 is 0 Å². The van der Waals surface area contributed by atoms with E-state index in [1.54, 1.807) is 0 Å². The fourth-order valence-corrected chi connectivity index (χ4v) is 3.58. The topological polar surface area (TPSA) is 9.23 Å². The summed E-state index contributed by atoms with van der Waals surface area (Å²) in [5, 5.41) is 0. The molecule has 3 rings (SSSR count). The first-order chi connectivity index (χ1) is 8.33. The monoisotopic (exact) mass is 248 g/mol. The Morgan fingerprint density at radius 2 is 2.06 bits per heavy atom. The molecule has 2 aliphatic carbocycles. The minimum Gasteiger partial charge on any atom is -0.367 e. The third-order valence-corrected chi connectivity index (χ3v) is 5.09. The van der Waals surface area contributed by atoms with Crippen molar-refractivity contribution in [3.8, 4) is 0 Å². The highest BCUT2D eigenvalue weighted by atomic mass is 31.0. The Kier molecular flexibility index (Phi) is 3.23. The average Bonchev–Trinajstić information content (AvgIpc) is 2.34. The third kappa shape index (κ3) is 2.16. The molecule has 1 saturated carbocycles. The fourth-order valence-electron chi connectivity index (χ4n) is 3.07. The van der Waals surface area contributed by atoms with Crippen molar-refractivity contribution >= 4 is 9.24 Å². The maximum atomic E-state index is 6.47. The number of benzene rings is 1. The van der Waals surface area contributed by atoms with E-state index in [0.717, 1.165) is 6.16 Å². The van der Waals surface area contributed by atoms with E-state index in [1.165, 1.54) is 49.7 Å². The maximum absolute atomic E-state index is 6.47. The molecule has 0 radical (unpaired) electrons. The van der Waals surface area contributed by atoms with Crippen LogP contribution in [-0.4, -0.2) is 11.8 Å². The van der Waals surface area contributed by atoms with Gasteiger partial charge in [-0.3, -0.25) is 0 Å². The Labute approximate surface area is 106 Å². The van der Waals surface area contributed by atoms with Gasteiger partial charge in [0.2, 0.25) is 0 Å². The molecule has 0 bridgehead atoms. The molecule has 0 amide bonds. The minimum absolute atomic E-state index is 0.180. The van der Waals surface area contributed by atoms with Crippen LogP contribution in [-0.2, 0) is 11.2 Å². The Balaban J connectivity index is 1.81. The molecule has 0 aromatic heterocycles. The van der Waals surface area contributed by atoms with Crippen LogP contribution in [0.15, 0.2) is 24.3 Å². The Morgan fingerprint density at radius 3 is 2.76 bits per heavy atom. The van der Waals surface area contributed by atoms with E-state index in [9.17, 15) is 0 Å².